The van der Waals surface area contributed by atoms with Crippen LogP contribution in [0.4, 0.5) is 0 Å². The molecule has 0 unspecified atom stereocenters. The van der Waals surface area contributed by atoms with E-state index in [2.05, 4.69) is 5.10 Å². The van der Waals surface area contributed by atoms with Gasteiger partial charge >= 0.3 is 0 Å². The second-order valence-corrected chi connectivity index (χ2v) is 10.3. The lowest BCUT2D eigenvalue weighted by molar-refractivity contribution is 0.0697. The number of amides is 1. The molecular formula is C23H25ClN4O3S. The van der Waals surface area contributed by atoms with Crippen LogP contribution >= 0.6 is 11.6 Å². The Hall–Kier alpha value is -2.68. The van der Waals surface area contributed by atoms with Crippen molar-refractivity contribution in [2.24, 2.45) is 0 Å². The summed E-state index contributed by atoms with van der Waals surface area (Å²) in [6.07, 6.45) is 3.24. The number of aryl methyl sites for hydroxylation is 2. The second-order valence-electron chi connectivity index (χ2n) is 7.98. The first-order valence-corrected chi connectivity index (χ1v) is 12.2. The third-order valence-electron chi connectivity index (χ3n) is 5.66. The molecule has 2 aromatic carbocycles. The van der Waals surface area contributed by atoms with Crippen LogP contribution in [0.3, 0.4) is 0 Å². The first-order valence-electron chi connectivity index (χ1n) is 10.4. The Balaban J connectivity index is 1.41. The van der Waals surface area contributed by atoms with Crippen molar-refractivity contribution in [2.45, 2.75) is 25.3 Å². The van der Waals surface area contributed by atoms with Crippen molar-refractivity contribution in [1.29, 1.82) is 0 Å². The lowest BCUT2D eigenvalue weighted by atomic mass is 10.2. The lowest BCUT2D eigenvalue weighted by Crippen LogP contribution is -2.50. The molecule has 1 amide bonds. The number of benzene rings is 2. The SMILES string of the molecule is Cc1ccc(C)c(S(=O)(=O)N2CCN(C(=O)c3cnn(Cc4ccccc4Cl)c3)CC2)c1. The Morgan fingerprint density at radius 1 is 1.06 bits per heavy atom. The van der Waals surface area contributed by atoms with Crippen LogP contribution in [0.15, 0.2) is 59.8 Å². The molecule has 1 aliphatic rings. The number of rotatable bonds is 5. The van der Waals surface area contributed by atoms with E-state index < -0.39 is 10.0 Å². The largest absolute Gasteiger partial charge is 0.336 e. The smallest absolute Gasteiger partial charge is 0.257 e. The van der Waals surface area contributed by atoms with Gasteiger partial charge in [-0.1, -0.05) is 41.9 Å². The van der Waals surface area contributed by atoms with E-state index in [0.717, 1.165) is 16.7 Å². The topological polar surface area (TPSA) is 75.5 Å². The zero-order valence-electron chi connectivity index (χ0n) is 18.0. The van der Waals surface area contributed by atoms with Crippen molar-refractivity contribution < 1.29 is 13.2 Å². The maximum Gasteiger partial charge on any atom is 0.257 e. The van der Waals surface area contributed by atoms with Crippen LogP contribution in [-0.2, 0) is 16.6 Å². The molecule has 0 aliphatic carbocycles. The Morgan fingerprint density at radius 2 is 1.78 bits per heavy atom. The van der Waals surface area contributed by atoms with Crippen LogP contribution in [0.5, 0.6) is 0 Å². The number of carbonyl (C=O) groups is 1. The van der Waals surface area contributed by atoms with Gasteiger partial charge in [0.1, 0.15) is 0 Å². The van der Waals surface area contributed by atoms with Gasteiger partial charge in [0.15, 0.2) is 0 Å². The minimum Gasteiger partial charge on any atom is -0.336 e. The van der Waals surface area contributed by atoms with Crippen molar-refractivity contribution >= 4 is 27.5 Å². The average molecular weight is 473 g/mol. The zero-order valence-corrected chi connectivity index (χ0v) is 19.6. The third kappa shape index (κ3) is 4.57. The van der Waals surface area contributed by atoms with Crippen molar-refractivity contribution in [3.8, 4) is 0 Å². The highest BCUT2D eigenvalue weighted by Gasteiger charge is 2.31. The van der Waals surface area contributed by atoms with Gasteiger partial charge < -0.3 is 4.90 Å². The molecule has 1 saturated heterocycles. The van der Waals surface area contributed by atoms with E-state index in [9.17, 15) is 13.2 Å². The van der Waals surface area contributed by atoms with E-state index in [1.165, 1.54) is 4.31 Å². The summed E-state index contributed by atoms with van der Waals surface area (Å²) in [6, 6.07) is 12.9. The van der Waals surface area contributed by atoms with Crippen LogP contribution in [0.1, 0.15) is 27.0 Å². The van der Waals surface area contributed by atoms with Crippen LogP contribution in [0.25, 0.3) is 0 Å². The highest BCUT2D eigenvalue weighted by atomic mass is 35.5. The monoisotopic (exact) mass is 472 g/mol. The molecule has 0 N–H and O–H groups in total. The van der Waals surface area contributed by atoms with Crippen LogP contribution in [0, 0.1) is 13.8 Å². The Bertz CT molecular complexity index is 1250. The normalized spacial score (nSPS) is 15.2. The number of hydrogen-bond donors (Lipinski definition) is 0. The van der Waals surface area contributed by atoms with Gasteiger partial charge in [-0.3, -0.25) is 9.48 Å². The summed E-state index contributed by atoms with van der Waals surface area (Å²) in [4.78, 5) is 14.9. The minimum atomic E-state index is -3.60. The number of aromatic nitrogens is 2. The number of hydrogen-bond acceptors (Lipinski definition) is 4. The molecule has 2 heterocycles. The summed E-state index contributed by atoms with van der Waals surface area (Å²) in [5.74, 6) is -0.154. The molecule has 0 radical (unpaired) electrons. The summed E-state index contributed by atoms with van der Waals surface area (Å²) in [5.41, 5.74) is 3.02. The summed E-state index contributed by atoms with van der Waals surface area (Å²) < 4.78 is 29.4. The molecule has 9 heteroatoms. The zero-order chi connectivity index (χ0) is 22.9. The number of halogens is 1. The van der Waals surface area contributed by atoms with Crippen LogP contribution in [0.2, 0.25) is 5.02 Å². The molecule has 0 spiro atoms. The molecule has 32 heavy (non-hydrogen) atoms. The van der Waals surface area contributed by atoms with Crippen LogP contribution in [-0.4, -0.2) is 59.5 Å². The van der Waals surface area contributed by atoms with Gasteiger partial charge in [-0.05, 0) is 42.7 Å². The van der Waals surface area contributed by atoms with E-state index in [1.807, 2.05) is 43.3 Å². The molecule has 0 atom stereocenters. The van der Waals surface area contributed by atoms with Gasteiger partial charge in [-0.15, -0.1) is 0 Å². The standard InChI is InChI=1S/C23H25ClN4O3S/c1-17-7-8-18(2)22(13-17)32(30,31)28-11-9-26(10-12-28)23(29)20-14-25-27(16-20)15-19-5-3-4-6-21(19)24/h3-8,13-14,16H,9-12,15H2,1-2H3. The minimum absolute atomic E-state index is 0.154. The number of sulfonamides is 1. The fourth-order valence-electron chi connectivity index (χ4n) is 3.80. The third-order valence-corrected chi connectivity index (χ3v) is 8.07. The first kappa shape index (κ1) is 22.5. The van der Waals surface area contributed by atoms with Gasteiger partial charge in [0.2, 0.25) is 10.0 Å². The van der Waals surface area contributed by atoms with Crippen molar-refractivity contribution in [2.75, 3.05) is 26.2 Å². The maximum atomic E-state index is 13.1. The number of piperazine rings is 1. The molecule has 1 aliphatic heterocycles. The van der Waals surface area contributed by atoms with Crippen LogP contribution < -0.4 is 0 Å². The highest BCUT2D eigenvalue weighted by molar-refractivity contribution is 7.89. The Labute approximate surface area is 193 Å². The highest BCUT2D eigenvalue weighted by Crippen LogP contribution is 2.23. The fourth-order valence-corrected chi connectivity index (χ4v) is 5.73. The molecule has 0 bridgehead atoms. The summed E-state index contributed by atoms with van der Waals surface area (Å²) in [7, 11) is -3.60. The van der Waals surface area contributed by atoms with Gasteiger partial charge in [-0.2, -0.15) is 9.40 Å². The average Bonchev–Trinajstić information content (AvgIpc) is 3.25. The quantitative estimate of drug-likeness (QED) is 0.570. The van der Waals surface area contributed by atoms with E-state index in [-0.39, 0.29) is 19.0 Å². The molecule has 3 aromatic rings. The first-order chi connectivity index (χ1) is 15.3. The van der Waals surface area contributed by atoms with Crippen molar-refractivity contribution in [1.82, 2.24) is 19.0 Å². The molecule has 0 saturated carbocycles. The molecule has 4 rings (SSSR count). The summed E-state index contributed by atoms with van der Waals surface area (Å²) >= 11 is 6.21. The van der Waals surface area contributed by atoms with E-state index >= 15 is 0 Å². The fraction of sp³-hybridized carbons (Fsp3) is 0.304. The molecule has 1 fully saturated rings. The van der Waals surface area contributed by atoms with Gasteiger partial charge in [0.05, 0.1) is 23.2 Å². The molecule has 168 valence electrons. The van der Waals surface area contributed by atoms with Gasteiger partial charge in [0.25, 0.3) is 5.91 Å². The summed E-state index contributed by atoms with van der Waals surface area (Å²) in [5, 5.41) is 4.93. The molecular weight excluding hydrogens is 448 g/mol. The maximum absolute atomic E-state index is 13.1. The number of carbonyl (C=O) groups excluding carboxylic acids is 1. The summed E-state index contributed by atoms with van der Waals surface area (Å²) in [6.45, 7) is 5.32. The second kappa shape index (κ2) is 9.05. The lowest BCUT2D eigenvalue weighted by Gasteiger charge is -2.34. The van der Waals surface area contributed by atoms with Gasteiger partial charge in [-0.25, -0.2) is 8.42 Å². The Kier molecular flexibility index (Phi) is 6.37. The van der Waals surface area contributed by atoms with E-state index in [1.54, 1.807) is 35.0 Å². The predicted molar refractivity (Wildman–Crippen MR) is 123 cm³/mol. The Morgan fingerprint density at radius 3 is 2.50 bits per heavy atom. The number of nitrogens with zero attached hydrogens (tertiary/aromatic N) is 4. The van der Waals surface area contributed by atoms with Gasteiger partial charge in [0, 0.05) is 37.4 Å². The molecule has 7 nitrogen and oxygen atoms in total. The van der Waals surface area contributed by atoms with E-state index in [0.29, 0.717) is 35.1 Å². The van der Waals surface area contributed by atoms with E-state index in [4.69, 9.17) is 11.6 Å². The molecule has 1 aromatic heterocycles. The van der Waals surface area contributed by atoms with Crippen molar-refractivity contribution in [3.63, 3.8) is 0 Å². The predicted octanol–water partition coefficient (Wildman–Crippen LogP) is 3.35. The van der Waals surface area contributed by atoms with Crippen molar-refractivity contribution in [3.05, 3.63) is 82.1 Å².